The van der Waals surface area contributed by atoms with Crippen LogP contribution in [0.25, 0.3) is 0 Å². The molecule has 0 saturated carbocycles. The van der Waals surface area contributed by atoms with E-state index in [1.807, 2.05) is 6.92 Å². The Hall–Kier alpha value is -1.45. The predicted octanol–water partition coefficient (Wildman–Crippen LogP) is 1.39. The van der Waals surface area contributed by atoms with E-state index in [1.165, 1.54) is 6.92 Å². The van der Waals surface area contributed by atoms with Gasteiger partial charge in [-0.25, -0.2) is 0 Å². The summed E-state index contributed by atoms with van der Waals surface area (Å²) >= 11 is 0. The number of carbonyl (C=O) groups excluding carboxylic acids is 3. The Kier molecular flexibility index (Phi) is 6.28. The molecule has 0 unspecified atom stereocenters. The smallest absolute Gasteiger partial charge is 0.320 e. The van der Waals surface area contributed by atoms with E-state index in [9.17, 15) is 14.4 Å². The van der Waals surface area contributed by atoms with Crippen molar-refractivity contribution in [1.82, 2.24) is 0 Å². The van der Waals surface area contributed by atoms with Gasteiger partial charge in [0.2, 0.25) is 0 Å². The number of hydrogen-bond donors (Lipinski definition) is 0. The molecule has 0 aliphatic rings. The summed E-state index contributed by atoms with van der Waals surface area (Å²) < 4.78 is 4.36. The first-order valence-corrected chi connectivity index (χ1v) is 4.44. The summed E-state index contributed by atoms with van der Waals surface area (Å²) in [6, 6.07) is 0. The van der Waals surface area contributed by atoms with Crippen LogP contribution >= 0.6 is 0 Å². The number of carbonyl (C=O) groups is 3. The number of ketones is 1. The predicted molar refractivity (Wildman–Crippen MR) is 50.4 cm³/mol. The zero-order valence-electron chi connectivity index (χ0n) is 8.41. The fraction of sp³-hybridized carbons (Fsp3) is 0.500. The van der Waals surface area contributed by atoms with E-state index in [0.717, 1.165) is 6.42 Å². The minimum atomic E-state index is -0.785. The molecule has 0 N–H and O–H groups in total. The maximum absolute atomic E-state index is 10.9. The molecule has 0 spiro atoms. The normalized spacial score (nSPS) is 10.1. The van der Waals surface area contributed by atoms with Gasteiger partial charge in [-0.3, -0.25) is 14.4 Å². The summed E-state index contributed by atoms with van der Waals surface area (Å²) in [5.41, 5.74) is 0. The van der Waals surface area contributed by atoms with Crippen molar-refractivity contribution in [2.24, 2.45) is 0 Å². The molecule has 4 nitrogen and oxygen atoms in total. The largest absolute Gasteiger partial charge is 0.393 e. The number of ether oxygens (including phenoxy) is 1. The zero-order valence-corrected chi connectivity index (χ0v) is 8.41. The van der Waals surface area contributed by atoms with Gasteiger partial charge >= 0.3 is 11.9 Å². The average Bonchev–Trinajstić information content (AvgIpc) is 2.02. The number of rotatable bonds is 5. The van der Waals surface area contributed by atoms with Crippen molar-refractivity contribution >= 4 is 17.7 Å². The number of Topliss-reactive ketones (excluding diaryl/α,β-unsaturated/α-hetero) is 1. The van der Waals surface area contributed by atoms with Crippen molar-refractivity contribution in [3.8, 4) is 0 Å². The molecule has 0 rings (SSSR count). The van der Waals surface area contributed by atoms with Crippen LogP contribution in [-0.4, -0.2) is 17.7 Å². The molecule has 0 aromatic rings. The average molecular weight is 198 g/mol. The van der Waals surface area contributed by atoms with Crippen LogP contribution in [0, 0.1) is 0 Å². The minimum absolute atomic E-state index is 0.0669. The van der Waals surface area contributed by atoms with Crippen LogP contribution in [-0.2, 0) is 19.1 Å². The first-order chi connectivity index (χ1) is 6.56. The molecule has 14 heavy (non-hydrogen) atoms. The molecule has 4 heteroatoms. The van der Waals surface area contributed by atoms with Crippen molar-refractivity contribution in [3.05, 3.63) is 12.2 Å². The van der Waals surface area contributed by atoms with Crippen LogP contribution in [0.4, 0.5) is 0 Å². The van der Waals surface area contributed by atoms with Gasteiger partial charge in [0.05, 0.1) is 6.42 Å². The third kappa shape index (κ3) is 7.21. The van der Waals surface area contributed by atoms with Gasteiger partial charge < -0.3 is 4.74 Å². The highest BCUT2D eigenvalue weighted by molar-refractivity contribution is 5.98. The molecule has 0 saturated heterocycles. The maximum atomic E-state index is 10.9. The van der Waals surface area contributed by atoms with Crippen molar-refractivity contribution in [2.45, 2.75) is 33.1 Å². The topological polar surface area (TPSA) is 60.4 Å². The fourth-order valence-electron chi connectivity index (χ4n) is 0.754. The van der Waals surface area contributed by atoms with Crippen molar-refractivity contribution in [3.63, 3.8) is 0 Å². The second kappa shape index (κ2) is 7.00. The maximum Gasteiger partial charge on any atom is 0.320 e. The third-order valence-electron chi connectivity index (χ3n) is 1.31. The Labute approximate surface area is 82.9 Å². The van der Waals surface area contributed by atoms with E-state index in [-0.39, 0.29) is 18.6 Å². The third-order valence-corrected chi connectivity index (χ3v) is 1.31. The molecule has 0 radical (unpaired) electrons. The number of hydrogen-bond acceptors (Lipinski definition) is 4. The SMILES string of the molecule is CC/C=C/CC(=O)OC(=O)CC(C)=O. The lowest BCUT2D eigenvalue weighted by molar-refractivity contribution is -0.159. The van der Waals surface area contributed by atoms with E-state index >= 15 is 0 Å². The number of esters is 2. The highest BCUT2D eigenvalue weighted by Crippen LogP contribution is 1.94. The lowest BCUT2D eigenvalue weighted by atomic mass is 10.3. The van der Waals surface area contributed by atoms with Crippen LogP contribution in [0.3, 0.4) is 0 Å². The molecule has 0 atom stereocenters. The number of allylic oxidation sites excluding steroid dienone is 1. The van der Waals surface area contributed by atoms with Gasteiger partial charge in [-0.2, -0.15) is 0 Å². The Morgan fingerprint density at radius 1 is 1.14 bits per heavy atom. The summed E-state index contributed by atoms with van der Waals surface area (Å²) in [5.74, 6) is -1.72. The summed E-state index contributed by atoms with van der Waals surface area (Å²) in [5, 5.41) is 0. The first kappa shape index (κ1) is 12.6. The quantitative estimate of drug-likeness (QED) is 0.380. The second-order valence-electron chi connectivity index (χ2n) is 2.81. The van der Waals surface area contributed by atoms with Crippen LogP contribution in [0.2, 0.25) is 0 Å². The molecule has 0 bridgehead atoms. The molecule has 0 aromatic carbocycles. The molecule has 0 amide bonds. The standard InChI is InChI=1S/C10H14O4/c1-3-4-5-6-9(12)14-10(13)7-8(2)11/h4-5H,3,6-7H2,1-2H3/b5-4+. The summed E-state index contributed by atoms with van der Waals surface area (Å²) in [6.45, 7) is 3.20. The molecule has 0 fully saturated rings. The molecular weight excluding hydrogens is 184 g/mol. The second-order valence-corrected chi connectivity index (χ2v) is 2.81. The van der Waals surface area contributed by atoms with Crippen molar-refractivity contribution in [2.75, 3.05) is 0 Å². The van der Waals surface area contributed by atoms with Gasteiger partial charge in [0.25, 0.3) is 0 Å². The van der Waals surface area contributed by atoms with E-state index in [4.69, 9.17) is 0 Å². The molecule has 78 valence electrons. The lowest BCUT2D eigenvalue weighted by Gasteiger charge is -1.98. The molecular formula is C10H14O4. The highest BCUT2D eigenvalue weighted by atomic mass is 16.6. The Bertz CT molecular complexity index is 253. The van der Waals surface area contributed by atoms with Crippen molar-refractivity contribution < 1.29 is 19.1 Å². The fourth-order valence-corrected chi connectivity index (χ4v) is 0.754. The van der Waals surface area contributed by atoms with Crippen LogP contribution < -0.4 is 0 Å². The first-order valence-electron chi connectivity index (χ1n) is 4.44. The van der Waals surface area contributed by atoms with Crippen LogP contribution in [0.5, 0.6) is 0 Å². The molecule has 0 aromatic heterocycles. The summed E-state index contributed by atoms with van der Waals surface area (Å²) in [6.07, 6.45) is 3.98. The van der Waals surface area contributed by atoms with E-state index in [2.05, 4.69) is 4.74 Å². The van der Waals surface area contributed by atoms with Gasteiger partial charge in [0, 0.05) is 0 Å². The van der Waals surface area contributed by atoms with Gasteiger partial charge in [-0.05, 0) is 13.3 Å². The van der Waals surface area contributed by atoms with Gasteiger partial charge in [0.15, 0.2) is 0 Å². The minimum Gasteiger partial charge on any atom is -0.393 e. The Morgan fingerprint density at radius 2 is 1.79 bits per heavy atom. The lowest BCUT2D eigenvalue weighted by Crippen LogP contribution is -2.13. The van der Waals surface area contributed by atoms with E-state index < -0.39 is 11.9 Å². The monoisotopic (exact) mass is 198 g/mol. The van der Waals surface area contributed by atoms with Crippen LogP contribution in [0.1, 0.15) is 33.1 Å². The van der Waals surface area contributed by atoms with E-state index in [1.54, 1.807) is 12.2 Å². The zero-order chi connectivity index (χ0) is 11.0. The molecule has 0 heterocycles. The Morgan fingerprint density at radius 3 is 2.29 bits per heavy atom. The summed E-state index contributed by atoms with van der Waals surface area (Å²) in [4.78, 5) is 32.2. The molecule has 0 aliphatic heterocycles. The van der Waals surface area contributed by atoms with Crippen LogP contribution in [0.15, 0.2) is 12.2 Å². The van der Waals surface area contributed by atoms with E-state index in [0.29, 0.717) is 0 Å². The van der Waals surface area contributed by atoms with Gasteiger partial charge in [-0.1, -0.05) is 19.1 Å². The molecule has 0 aliphatic carbocycles. The van der Waals surface area contributed by atoms with Crippen molar-refractivity contribution in [1.29, 1.82) is 0 Å². The Balaban J connectivity index is 3.77. The van der Waals surface area contributed by atoms with Gasteiger partial charge in [0.1, 0.15) is 12.2 Å². The highest BCUT2D eigenvalue weighted by Gasteiger charge is 2.10. The summed E-state index contributed by atoms with van der Waals surface area (Å²) in [7, 11) is 0. The van der Waals surface area contributed by atoms with Gasteiger partial charge in [-0.15, -0.1) is 0 Å².